The third kappa shape index (κ3) is 2.82. The van der Waals surface area contributed by atoms with Gasteiger partial charge in [0, 0.05) is 35.6 Å². The first-order chi connectivity index (χ1) is 11.2. The van der Waals surface area contributed by atoms with Gasteiger partial charge in [-0.25, -0.2) is 9.67 Å². The topological polar surface area (TPSA) is 55.6 Å². The molecular formula is C17H18ClN5. The largest absolute Gasteiger partial charge is 0.308 e. The number of fused-ring (bicyclic) bond motifs is 2. The summed E-state index contributed by atoms with van der Waals surface area (Å²) in [6.07, 6.45) is 3.86. The summed E-state index contributed by atoms with van der Waals surface area (Å²) >= 11 is 6.26. The Morgan fingerprint density at radius 2 is 2.26 bits per heavy atom. The van der Waals surface area contributed by atoms with E-state index in [1.807, 2.05) is 36.0 Å². The molecule has 1 atom stereocenters. The van der Waals surface area contributed by atoms with Crippen LogP contribution in [0.15, 0.2) is 30.5 Å². The third-order valence-electron chi connectivity index (χ3n) is 4.35. The second kappa shape index (κ2) is 5.91. The van der Waals surface area contributed by atoms with Crippen LogP contribution >= 0.6 is 11.6 Å². The van der Waals surface area contributed by atoms with E-state index in [2.05, 4.69) is 26.4 Å². The van der Waals surface area contributed by atoms with Crippen LogP contribution in [-0.4, -0.2) is 25.8 Å². The van der Waals surface area contributed by atoms with Crippen molar-refractivity contribution in [2.24, 2.45) is 0 Å². The number of nitrogens with one attached hydrogen (secondary N) is 1. The first-order valence-corrected chi connectivity index (χ1v) is 8.24. The Morgan fingerprint density at radius 1 is 1.35 bits per heavy atom. The van der Waals surface area contributed by atoms with Crippen LogP contribution in [0.2, 0.25) is 5.02 Å². The highest BCUT2D eigenvalue weighted by Gasteiger charge is 2.20. The van der Waals surface area contributed by atoms with Crippen molar-refractivity contribution in [2.45, 2.75) is 38.9 Å². The van der Waals surface area contributed by atoms with E-state index in [1.54, 1.807) is 0 Å². The monoisotopic (exact) mass is 327 g/mol. The minimum Gasteiger partial charge on any atom is -0.308 e. The molecule has 0 aliphatic carbocycles. The molecule has 0 fully saturated rings. The summed E-state index contributed by atoms with van der Waals surface area (Å²) in [5.41, 5.74) is 2.14. The molecule has 1 N–H and O–H groups in total. The van der Waals surface area contributed by atoms with Crippen LogP contribution in [-0.2, 0) is 19.5 Å². The number of hydrogen-bond acceptors (Lipinski definition) is 4. The quantitative estimate of drug-likeness (QED) is 0.803. The zero-order chi connectivity index (χ0) is 15.8. The van der Waals surface area contributed by atoms with Gasteiger partial charge in [0.2, 0.25) is 0 Å². The number of benzene rings is 1. The zero-order valence-corrected chi connectivity index (χ0v) is 13.7. The van der Waals surface area contributed by atoms with E-state index < -0.39 is 0 Å². The molecule has 0 spiro atoms. The highest BCUT2D eigenvalue weighted by atomic mass is 35.5. The maximum absolute atomic E-state index is 6.26. The summed E-state index contributed by atoms with van der Waals surface area (Å²) in [5.74, 6) is 1.95. The summed E-state index contributed by atoms with van der Waals surface area (Å²) in [7, 11) is 0. The van der Waals surface area contributed by atoms with Crippen molar-refractivity contribution in [2.75, 3.05) is 0 Å². The van der Waals surface area contributed by atoms with E-state index in [-0.39, 0.29) is 0 Å². The van der Waals surface area contributed by atoms with Gasteiger partial charge in [0.15, 0.2) is 0 Å². The number of rotatable bonds is 3. The maximum Gasteiger partial charge on any atom is 0.147 e. The summed E-state index contributed by atoms with van der Waals surface area (Å²) in [5, 5.41) is 9.83. The molecule has 3 aromatic rings. The number of halogens is 1. The van der Waals surface area contributed by atoms with Crippen LogP contribution in [0.3, 0.4) is 0 Å². The predicted molar refractivity (Wildman–Crippen MR) is 90.5 cm³/mol. The lowest BCUT2D eigenvalue weighted by molar-refractivity contribution is 0.358. The lowest BCUT2D eigenvalue weighted by Crippen LogP contribution is -2.37. The molecular weight excluding hydrogens is 310 g/mol. The van der Waals surface area contributed by atoms with E-state index in [0.29, 0.717) is 6.04 Å². The maximum atomic E-state index is 6.26. The average molecular weight is 328 g/mol. The highest BCUT2D eigenvalue weighted by molar-refractivity contribution is 6.35. The van der Waals surface area contributed by atoms with Gasteiger partial charge in [-0.3, -0.25) is 4.98 Å². The molecule has 0 saturated carbocycles. The molecule has 6 heteroatoms. The van der Waals surface area contributed by atoms with Gasteiger partial charge in [-0.15, -0.1) is 0 Å². The molecule has 5 nitrogen and oxygen atoms in total. The fraction of sp³-hybridized carbons (Fsp3) is 0.353. The van der Waals surface area contributed by atoms with Crippen LogP contribution in [0, 0.1) is 6.92 Å². The van der Waals surface area contributed by atoms with Gasteiger partial charge in [0.05, 0.1) is 12.1 Å². The molecule has 23 heavy (non-hydrogen) atoms. The van der Waals surface area contributed by atoms with Crippen molar-refractivity contribution in [1.82, 2.24) is 25.1 Å². The van der Waals surface area contributed by atoms with Crippen molar-refractivity contribution < 1.29 is 0 Å². The molecule has 0 amide bonds. The van der Waals surface area contributed by atoms with E-state index >= 15 is 0 Å². The molecule has 1 aliphatic heterocycles. The van der Waals surface area contributed by atoms with Crippen molar-refractivity contribution >= 4 is 22.5 Å². The standard InChI is InChI=1S/C17H18ClN5/c1-11-21-16-7-5-13(10-23(16)22-11)20-9-12-4-6-15(18)14-3-2-8-19-17(12)14/h2-4,6,8,13,20H,5,7,9-10H2,1H3/t13-/m0/s1. The average Bonchev–Trinajstić information content (AvgIpc) is 2.94. The molecule has 3 heterocycles. The third-order valence-corrected chi connectivity index (χ3v) is 4.67. The minimum atomic E-state index is 0.401. The second-order valence-corrected chi connectivity index (χ2v) is 6.39. The van der Waals surface area contributed by atoms with Gasteiger partial charge in [-0.1, -0.05) is 17.7 Å². The Bertz CT molecular complexity index is 857. The number of hydrogen-bond donors (Lipinski definition) is 1. The predicted octanol–water partition coefficient (Wildman–Crippen LogP) is 2.89. The van der Waals surface area contributed by atoms with Crippen LogP contribution in [0.4, 0.5) is 0 Å². The van der Waals surface area contributed by atoms with Gasteiger partial charge in [-0.05, 0) is 37.1 Å². The van der Waals surface area contributed by atoms with Crippen molar-refractivity contribution in [3.05, 3.63) is 52.7 Å². The van der Waals surface area contributed by atoms with E-state index in [9.17, 15) is 0 Å². The van der Waals surface area contributed by atoms with Crippen LogP contribution in [0.5, 0.6) is 0 Å². The fourth-order valence-electron chi connectivity index (χ4n) is 3.19. The second-order valence-electron chi connectivity index (χ2n) is 5.98. The van der Waals surface area contributed by atoms with E-state index in [4.69, 9.17) is 11.6 Å². The molecule has 118 valence electrons. The summed E-state index contributed by atoms with van der Waals surface area (Å²) in [6.45, 7) is 3.59. The lowest BCUT2D eigenvalue weighted by atomic mass is 10.1. The SMILES string of the molecule is Cc1nc2n(n1)C[C@@H](NCc1ccc(Cl)c3cccnc13)CC2. The van der Waals surface area contributed by atoms with Gasteiger partial charge in [0.1, 0.15) is 11.6 Å². The molecule has 1 aliphatic rings. The molecule has 2 aromatic heterocycles. The highest BCUT2D eigenvalue weighted by Crippen LogP contribution is 2.25. The van der Waals surface area contributed by atoms with Crippen molar-refractivity contribution in [3.63, 3.8) is 0 Å². The number of aryl methyl sites for hydroxylation is 2. The first kappa shape index (κ1) is 14.6. The summed E-state index contributed by atoms with van der Waals surface area (Å²) in [4.78, 5) is 8.95. The van der Waals surface area contributed by atoms with E-state index in [1.165, 1.54) is 5.56 Å². The Labute approximate surface area is 139 Å². The molecule has 4 rings (SSSR count). The number of nitrogens with zero attached hydrogens (tertiary/aromatic N) is 4. The molecule has 0 bridgehead atoms. The van der Waals surface area contributed by atoms with E-state index in [0.717, 1.165) is 53.5 Å². The summed E-state index contributed by atoms with van der Waals surface area (Å²) in [6, 6.07) is 8.33. The van der Waals surface area contributed by atoms with Gasteiger partial charge in [0.25, 0.3) is 0 Å². The normalized spacial score (nSPS) is 17.4. The van der Waals surface area contributed by atoms with Crippen molar-refractivity contribution in [1.29, 1.82) is 0 Å². The Morgan fingerprint density at radius 3 is 3.17 bits per heavy atom. The lowest BCUT2D eigenvalue weighted by Gasteiger charge is -2.24. The molecule has 0 unspecified atom stereocenters. The van der Waals surface area contributed by atoms with Gasteiger partial charge >= 0.3 is 0 Å². The molecule has 0 saturated heterocycles. The van der Waals surface area contributed by atoms with Crippen molar-refractivity contribution in [3.8, 4) is 0 Å². The minimum absolute atomic E-state index is 0.401. The summed E-state index contributed by atoms with van der Waals surface area (Å²) < 4.78 is 2.02. The first-order valence-electron chi connectivity index (χ1n) is 7.86. The Balaban J connectivity index is 1.51. The smallest absolute Gasteiger partial charge is 0.147 e. The van der Waals surface area contributed by atoms with Crippen LogP contribution in [0.1, 0.15) is 23.6 Å². The molecule has 0 radical (unpaired) electrons. The van der Waals surface area contributed by atoms with Crippen LogP contribution in [0.25, 0.3) is 10.9 Å². The zero-order valence-electron chi connectivity index (χ0n) is 13.0. The number of aromatic nitrogens is 4. The van der Waals surface area contributed by atoms with Crippen LogP contribution < -0.4 is 5.32 Å². The van der Waals surface area contributed by atoms with Gasteiger partial charge < -0.3 is 5.32 Å². The Hall–Kier alpha value is -1.98. The molecule has 1 aromatic carbocycles. The van der Waals surface area contributed by atoms with Gasteiger partial charge in [-0.2, -0.15) is 5.10 Å². The number of pyridine rings is 1. The Kier molecular flexibility index (Phi) is 3.75. The fourth-order valence-corrected chi connectivity index (χ4v) is 3.41.